The molecule has 1 atom stereocenters. The van der Waals surface area contributed by atoms with Gasteiger partial charge in [-0.25, -0.2) is 4.90 Å². The first-order valence-corrected chi connectivity index (χ1v) is 7.21. The molecule has 1 aromatic rings. The standard InChI is InChI=1S/C16H20N2O3/c1-3-9-17-14-11-15(19)18(16(14)20)12-5-7-13(8-6-12)21-10-4-2/h3,5-8,14,17H,1,4,9-11H2,2H3/p+1/t14-/m1/s1. The normalized spacial score (nSPS) is 18.1. The Labute approximate surface area is 124 Å². The van der Waals surface area contributed by atoms with E-state index in [9.17, 15) is 9.59 Å². The maximum absolute atomic E-state index is 12.3. The molecule has 1 aliphatic rings. The SMILES string of the molecule is C=CC[NH2+][C@@H]1CC(=O)N(c2ccc(OCCC)cc2)C1=O. The zero-order valence-corrected chi connectivity index (χ0v) is 12.2. The molecule has 2 N–H and O–H groups in total. The molecule has 5 nitrogen and oxygen atoms in total. The summed E-state index contributed by atoms with van der Waals surface area (Å²) in [6.07, 6.45) is 2.90. The van der Waals surface area contributed by atoms with Crippen LogP contribution in [0.2, 0.25) is 0 Å². The number of quaternary nitrogens is 1. The summed E-state index contributed by atoms with van der Waals surface area (Å²) in [5.41, 5.74) is 0.600. The van der Waals surface area contributed by atoms with Crippen molar-refractivity contribution in [1.29, 1.82) is 0 Å². The lowest BCUT2D eigenvalue weighted by Crippen LogP contribution is -2.91. The molecule has 0 bridgehead atoms. The lowest BCUT2D eigenvalue weighted by molar-refractivity contribution is -0.666. The molecule has 0 spiro atoms. The van der Waals surface area contributed by atoms with Gasteiger partial charge in [0, 0.05) is 0 Å². The zero-order chi connectivity index (χ0) is 15.2. The first kappa shape index (κ1) is 15.3. The van der Waals surface area contributed by atoms with Gasteiger partial charge in [0.2, 0.25) is 5.91 Å². The van der Waals surface area contributed by atoms with Crippen LogP contribution in [-0.4, -0.2) is 31.0 Å². The van der Waals surface area contributed by atoms with Gasteiger partial charge in [-0.05, 0) is 36.8 Å². The first-order chi connectivity index (χ1) is 10.2. The highest BCUT2D eigenvalue weighted by Crippen LogP contribution is 2.24. The van der Waals surface area contributed by atoms with Gasteiger partial charge in [-0.15, -0.1) is 0 Å². The molecule has 2 rings (SSSR count). The van der Waals surface area contributed by atoms with Crippen LogP contribution in [0.15, 0.2) is 36.9 Å². The van der Waals surface area contributed by atoms with E-state index in [1.807, 2.05) is 12.2 Å². The van der Waals surface area contributed by atoms with Crippen LogP contribution in [0.5, 0.6) is 5.75 Å². The largest absolute Gasteiger partial charge is 0.494 e. The zero-order valence-electron chi connectivity index (χ0n) is 12.2. The van der Waals surface area contributed by atoms with Crippen molar-refractivity contribution in [2.75, 3.05) is 18.1 Å². The molecule has 1 aromatic carbocycles. The van der Waals surface area contributed by atoms with Gasteiger partial charge in [-0.3, -0.25) is 9.59 Å². The van der Waals surface area contributed by atoms with Crippen molar-refractivity contribution in [2.24, 2.45) is 0 Å². The average molecular weight is 289 g/mol. The monoisotopic (exact) mass is 289 g/mol. The van der Waals surface area contributed by atoms with Crippen LogP contribution in [0.3, 0.4) is 0 Å². The third-order valence-electron chi connectivity index (χ3n) is 3.34. The van der Waals surface area contributed by atoms with Crippen LogP contribution < -0.4 is 15.0 Å². The minimum absolute atomic E-state index is 0.160. The lowest BCUT2D eigenvalue weighted by Gasteiger charge is -2.14. The number of carbonyl (C=O) groups excluding carboxylic acids is 2. The maximum Gasteiger partial charge on any atom is 0.292 e. The van der Waals surface area contributed by atoms with Crippen molar-refractivity contribution in [1.82, 2.24) is 0 Å². The van der Waals surface area contributed by atoms with E-state index in [2.05, 4.69) is 6.58 Å². The Morgan fingerprint density at radius 1 is 1.38 bits per heavy atom. The molecule has 1 heterocycles. The molecule has 2 amide bonds. The van der Waals surface area contributed by atoms with Crippen LogP contribution in [0.1, 0.15) is 19.8 Å². The van der Waals surface area contributed by atoms with Gasteiger partial charge in [0.1, 0.15) is 5.75 Å². The summed E-state index contributed by atoms with van der Waals surface area (Å²) in [6.45, 7) is 6.94. The fourth-order valence-electron chi connectivity index (χ4n) is 2.28. The third-order valence-corrected chi connectivity index (χ3v) is 3.34. The number of hydrogen-bond acceptors (Lipinski definition) is 3. The molecular formula is C16H21N2O3+. The van der Waals surface area contributed by atoms with Crippen LogP contribution in [0.4, 0.5) is 5.69 Å². The Kier molecular flexibility index (Phi) is 5.11. The summed E-state index contributed by atoms with van der Waals surface area (Å²) < 4.78 is 5.50. The molecule has 0 aromatic heterocycles. The van der Waals surface area contributed by atoms with Crippen LogP contribution in [0.25, 0.3) is 0 Å². The number of amides is 2. The van der Waals surface area contributed by atoms with Crippen molar-refractivity contribution in [3.05, 3.63) is 36.9 Å². The molecule has 1 aliphatic heterocycles. The molecule has 1 fully saturated rings. The van der Waals surface area contributed by atoms with Gasteiger partial charge in [-0.1, -0.05) is 13.5 Å². The molecule has 1 saturated heterocycles. The van der Waals surface area contributed by atoms with Crippen LogP contribution >= 0.6 is 0 Å². The third kappa shape index (κ3) is 3.49. The smallest absolute Gasteiger partial charge is 0.292 e. The number of imide groups is 1. The topological polar surface area (TPSA) is 63.2 Å². The summed E-state index contributed by atoms with van der Waals surface area (Å²) in [5.74, 6) is 0.422. The Hall–Kier alpha value is -2.14. The maximum atomic E-state index is 12.3. The van der Waals surface area contributed by atoms with E-state index in [1.54, 1.807) is 30.3 Å². The van der Waals surface area contributed by atoms with Gasteiger partial charge in [0.05, 0.1) is 25.3 Å². The molecule has 5 heteroatoms. The second kappa shape index (κ2) is 7.04. The predicted octanol–water partition coefficient (Wildman–Crippen LogP) is 0.857. The van der Waals surface area contributed by atoms with E-state index in [0.29, 0.717) is 18.8 Å². The summed E-state index contributed by atoms with van der Waals surface area (Å²) in [4.78, 5) is 25.6. The average Bonchev–Trinajstić information content (AvgIpc) is 2.78. The van der Waals surface area contributed by atoms with Crippen LogP contribution in [0, 0.1) is 0 Å². The van der Waals surface area contributed by atoms with Crippen molar-refractivity contribution in [3.63, 3.8) is 0 Å². The number of benzene rings is 1. The number of anilines is 1. The van der Waals surface area contributed by atoms with E-state index >= 15 is 0 Å². The number of ether oxygens (including phenoxy) is 1. The van der Waals surface area contributed by atoms with Gasteiger partial charge in [-0.2, -0.15) is 0 Å². The fourth-order valence-corrected chi connectivity index (χ4v) is 2.28. The number of nitrogens with zero attached hydrogens (tertiary/aromatic N) is 1. The predicted molar refractivity (Wildman–Crippen MR) is 80.1 cm³/mol. The molecule has 0 aliphatic carbocycles. The summed E-state index contributed by atoms with van der Waals surface area (Å²) in [5, 5.41) is 1.84. The number of hydrogen-bond donors (Lipinski definition) is 1. The Morgan fingerprint density at radius 3 is 2.71 bits per heavy atom. The van der Waals surface area contributed by atoms with Gasteiger partial charge >= 0.3 is 0 Å². The number of rotatable bonds is 7. The molecule has 21 heavy (non-hydrogen) atoms. The van der Waals surface area contributed by atoms with Gasteiger partial charge < -0.3 is 10.1 Å². The summed E-state index contributed by atoms with van der Waals surface area (Å²) in [7, 11) is 0. The Morgan fingerprint density at radius 2 is 2.10 bits per heavy atom. The van der Waals surface area contributed by atoms with Gasteiger partial charge in [0.25, 0.3) is 5.91 Å². The highest BCUT2D eigenvalue weighted by molar-refractivity contribution is 6.21. The van der Waals surface area contributed by atoms with E-state index in [1.165, 1.54) is 4.90 Å². The van der Waals surface area contributed by atoms with Crippen molar-refractivity contribution in [2.45, 2.75) is 25.8 Å². The second-order valence-electron chi connectivity index (χ2n) is 4.98. The quantitative estimate of drug-likeness (QED) is 0.598. The van der Waals surface area contributed by atoms with E-state index in [-0.39, 0.29) is 24.3 Å². The van der Waals surface area contributed by atoms with Crippen LogP contribution in [-0.2, 0) is 9.59 Å². The van der Waals surface area contributed by atoms with E-state index in [4.69, 9.17) is 4.74 Å². The minimum atomic E-state index is -0.341. The Balaban J connectivity index is 2.08. The molecule has 0 saturated carbocycles. The Bertz CT molecular complexity index is 525. The summed E-state index contributed by atoms with van der Waals surface area (Å²) in [6, 6.07) is 6.72. The number of nitrogens with two attached hydrogens (primary N) is 1. The number of carbonyl (C=O) groups is 2. The van der Waals surface area contributed by atoms with E-state index in [0.717, 1.165) is 12.2 Å². The highest BCUT2D eigenvalue weighted by Gasteiger charge is 2.41. The van der Waals surface area contributed by atoms with Crippen molar-refractivity contribution >= 4 is 17.5 Å². The van der Waals surface area contributed by atoms with Crippen molar-refractivity contribution in [3.8, 4) is 5.75 Å². The molecule has 0 radical (unpaired) electrons. The van der Waals surface area contributed by atoms with E-state index < -0.39 is 0 Å². The minimum Gasteiger partial charge on any atom is -0.494 e. The fraction of sp³-hybridized carbons (Fsp3) is 0.375. The molecule has 0 unspecified atom stereocenters. The second-order valence-corrected chi connectivity index (χ2v) is 4.98. The lowest BCUT2D eigenvalue weighted by atomic mass is 10.2. The first-order valence-electron chi connectivity index (χ1n) is 7.21. The molecular weight excluding hydrogens is 268 g/mol. The molecule has 112 valence electrons. The van der Waals surface area contributed by atoms with Gasteiger partial charge in [0.15, 0.2) is 6.04 Å². The summed E-state index contributed by atoms with van der Waals surface area (Å²) >= 11 is 0. The highest BCUT2D eigenvalue weighted by atomic mass is 16.5. The van der Waals surface area contributed by atoms with Crippen molar-refractivity contribution < 1.29 is 19.6 Å².